The highest BCUT2D eigenvalue weighted by Gasteiger charge is 2.45. The fourth-order valence-corrected chi connectivity index (χ4v) is 5.59. The van der Waals surface area contributed by atoms with Gasteiger partial charge in [0.05, 0.1) is 17.3 Å². The number of hydrogen-bond acceptors (Lipinski definition) is 4. The average Bonchev–Trinajstić information content (AvgIpc) is 2.96. The van der Waals surface area contributed by atoms with Gasteiger partial charge in [0.2, 0.25) is 10.0 Å². The van der Waals surface area contributed by atoms with Crippen molar-refractivity contribution >= 4 is 16.0 Å². The van der Waals surface area contributed by atoms with Gasteiger partial charge in [0.15, 0.2) is 0 Å². The van der Waals surface area contributed by atoms with Crippen LogP contribution < -0.4 is 0 Å². The molecule has 2 aliphatic rings. The van der Waals surface area contributed by atoms with Gasteiger partial charge in [-0.15, -0.1) is 0 Å². The molecule has 1 saturated carbocycles. The fourth-order valence-electron chi connectivity index (χ4n) is 3.31. The third-order valence-corrected chi connectivity index (χ3v) is 6.79. The van der Waals surface area contributed by atoms with Crippen LogP contribution in [0.5, 0.6) is 0 Å². The van der Waals surface area contributed by atoms with E-state index in [1.165, 1.54) is 4.31 Å². The van der Waals surface area contributed by atoms with E-state index < -0.39 is 27.2 Å². The third-order valence-electron chi connectivity index (χ3n) is 4.41. The molecule has 2 fully saturated rings. The minimum Gasteiger partial charge on any atom is -0.481 e. The summed E-state index contributed by atoms with van der Waals surface area (Å²) in [5, 5.41) is 8.44. The highest BCUT2D eigenvalue weighted by atomic mass is 32.2. The summed E-state index contributed by atoms with van der Waals surface area (Å²) in [4.78, 5) is 11.2. The van der Waals surface area contributed by atoms with Gasteiger partial charge in [-0.3, -0.25) is 4.79 Å². The lowest BCUT2D eigenvalue weighted by atomic mass is 10.1. The number of rotatable bonds is 6. The van der Waals surface area contributed by atoms with Crippen molar-refractivity contribution in [2.45, 2.75) is 56.8 Å². The Balaban J connectivity index is 2.06. The van der Waals surface area contributed by atoms with Crippen LogP contribution in [0.15, 0.2) is 0 Å². The van der Waals surface area contributed by atoms with Gasteiger partial charge in [0.25, 0.3) is 0 Å². The van der Waals surface area contributed by atoms with Gasteiger partial charge >= 0.3 is 5.97 Å². The van der Waals surface area contributed by atoms with Crippen molar-refractivity contribution in [1.29, 1.82) is 0 Å². The number of carboxylic acids is 1. The van der Waals surface area contributed by atoms with Crippen LogP contribution >= 0.6 is 0 Å². The van der Waals surface area contributed by atoms with Gasteiger partial charge in [-0.2, -0.15) is 4.31 Å². The summed E-state index contributed by atoms with van der Waals surface area (Å²) in [6, 6.07) is 0. The molecule has 0 aromatic rings. The fraction of sp³-hybridized carbons (Fsp3) is 0.929. The van der Waals surface area contributed by atoms with E-state index >= 15 is 0 Å². The van der Waals surface area contributed by atoms with Gasteiger partial charge in [-0.05, 0) is 32.1 Å². The summed E-state index contributed by atoms with van der Waals surface area (Å²) >= 11 is 0. The van der Waals surface area contributed by atoms with E-state index in [9.17, 15) is 18.3 Å². The molecule has 0 aromatic heterocycles. The Bertz CT molecular complexity index is 464. The van der Waals surface area contributed by atoms with Crippen molar-refractivity contribution in [3.63, 3.8) is 0 Å². The van der Waals surface area contributed by atoms with Crippen LogP contribution in [0.2, 0.25) is 0 Å². The first-order valence-electron chi connectivity index (χ1n) is 7.80. The van der Waals surface area contributed by atoms with Crippen molar-refractivity contribution in [2.24, 2.45) is 5.92 Å². The lowest BCUT2D eigenvalue weighted by molar-refractivity contribution is -0.141. The van der Waals surface area contributed by atoms with E-state index in [2.05, 4.69) is 0 Å². The minimum atomic E-state index is -3.54. The molecule has 0 bridgehead atoms. The second-order valence-corrected chi connectivity index (χ2v) is 8.10. The van der Waals surface area contributed by atoms with Gasteiger partial charge in [0, 0.05) is 19.7 Å². The summed E-state index contributed by atoms with van der Waals surface area (Å²) < 4.78 is 32.6. The van der Waals surface area contributed by atoms with E-state index in [0.29, 0.717) is 39.0 Å². The molecule has 2 rings (SSSR count). The van der Waals surface area contributed by atoms with Crippen molar-refractivity contribution in [1.82, 2.24) is 4.31 Å². The molecule has 0 radical (unpaired) electrons. The quantitative estimate of drug-likeness (QED) is 0.801. The Kier molecular flexibility index (Phi) is 5.62. The van der Waals surface area contributed by atoms with Gasteiger partial charge < -0.3 is 9.84 Å². The Morgan fingerprint density at radius 3 is 2.71 bits per heavy atom. The molecule has 1 aliphatic carbocycles. The average molecular weight is 319 g/mol. The molecule has 1 N–H and O–H groups in total. The first kappa shape index (κ1) is 16.7. The molecule has 7 heteroatoms. The smallest absolute Gasteiger partial charge is 0.307 e. The minimum absolute atomic E-state index is 0.0573. The number of carboxylic acid groups (broad SMARTS) is 1. The Morgan fingerprint density at radius 1 is 1.29 bits per heavy atom. The van der Waals surface area contributed by atoms with Crippen LogP contribution in [0.25, 0.3) is 0 Å². The Hall–Kier alpha value is -0.660. The molecule has 1 heterocycles. The largest absolute Gasteiger partial charge is 0.481 e. The van der Waals surface area contributed by atoms with Crippen LogP contribution in [0.3, 0.4) is 0 Å². The van der Waals surface area contributed by atoms with Crippen LogP contribution in [0.4, 0.5) is 0 Å². The number of ether oxygens (including phenoxy) is 1. The van der Waals surface area contributed by atoms with Gasteiger partial charge in [-0.1, -0.05) is 13.3 Å². The second-order valence-electron chi connectivity index (χ2n) is 5.95. The molecule has 1 aliphatic heterocycles. The van der Waals surface area contributed by atoms with E-state index in [4.69, 9.17) is 4.74 Å². The topological polar surface area (TPSA) is 83.9 Å². The third kappa shape index (κ3) is 3.76. The molecular formula is C14H25NO5S. The Labute approximate surface area is 126 Å². The molecule has 0 aromatic carbocycles. The monoisotopic (exact) mass is 319 g/mol. The second kappa shape index (κ2) is 7.07. The van der Waals surface area contributed by atoms with Crippen LogP contribution in [-0.4, -0.2) is 54.8 Å². The zero-order chi connectivity index (χ0) is 15.5. The number of nitrogens with zero attached hydrogens (tertiary/aromatic N) is 1. The molecule has 6 nitrogen and oxygen atoms in total. The maximum absolute atomic E-state index is 12.7. The number of sulfonamides is 1. The lowest BCUT2D eigenvalue weighted by Crippen LogP contribution is -2.48. The standard InChI is InChI=1S/C14H25NO5S/c1-2-9-20-11-5-4-8-15(10-11)21(18,19)13-7-3-6-12(13)14(16)17/h11-13H,2-10H2,1H3,(H,16,17). The zero-order valence-electron chi connectivity index (χ0n) is 12.5. The van der Waals surface area contributed by atoms with Crippen molar-refractivity contribution in [2.75, 3.05) is 19.7 Å². The predicted molar refractivity (Wildman–Crippen MR) is 78.5 cm³/mol. The number of hydrogen-bond donors (Lipinski definition) is 1. The maximum atomic E-state index is 12.7. The first-order chi connectivity index (χ1) is 9.96. The van der Waals surface area contributed by atoms with Crippen molar-refractivity contribution in [3.05, 3.63) is 0 Å². The lowest BCUT2D eigenvalue weighted by Gasteiger charge is -2.34. The molecular weight excluding hydrogens is 294 g/mol. The molecule has 0 amide bonds. The van der Waals surface area contributed by atoms with Crippen LogP contribution in [0, 0.1) is 5.92 Å². The van der Waals surface area contributed by atoms with Crippen LogP contribution in [-0.2, 0) is 19.6 Å². The highest BCUT2D eigenvalue weighted by Crippen LogP contribution is 2.34. The molecule has 21 heavy (non-hydrogen) atoms. The van der Waals surface area contributed by atoms with E-state index in [1.807, 2.05) is 6.92 Å². The van der Waals surface area contributed by atoms with E-state index in [1.54, 1.807) is 0 Å². The maximum Gasteiger partial charge on any atom is 0.307 e. The Morgan fingerprint density at radius 2 is 2.05 bits per heavy atom. The van der Waals surface area contributed by atoms with Gasteiger partial charge in [0.1, 0.15) is 0 Å². The SMILES string of the molecule is CCCOC1CCCN(S(=O)(=O)C2CCCC2C(=O)O)C1. The van der Waals surface area contributed by atoms with Crippen LogP contribution in [0.1, 0.15) is 45.4 Å². The molecule has 3 unspecified atom stereocenters. The summed E-state index contributed by atoms with van der Waals surface area (Å²) in [6.07, 6.45) is 4.09. The molecule has 122 valence electrons. The summed E-state index contributed by atoms with van der Waals surface area (Å²) in [6.45, 7) is 3.51. The van der Waals surface area contributed by atoms with Crippen molar-refractivity contribution in [3.8, 4) is 0 Å². The summed E-state index contributed by atoms with van der Waals surface area (Å²) in [5.41, 5.74) is 0. The zero-order valence-corrected chi connectivity index (χ0v) is 13.3. The molecule has 3 atom stereocenters. The molecule has 0 spiro atoms. The van der Waals surface area contributed by atoms with E-state index in [-0.39, 0.29) is 6.10 Å². The number of aliphatic carboxylic acids is 1. The van der Waals surface area contributed by atoms with Crippen molar-refractivity contribution < 1.29 is 23.1 Å². The normalized spacial score (nSPS) is 31.4. The van der Waals surface area contributed by atoms with Gasteiger partial charge in [-0.25, -0.2) is 8.42 Å². The summed E-state index contributed by atoms with van der Waals surface area (Å²) in [5.74, 6) is -1.75. The van der Waals surface area contributed by atoms with E-state index in [0.717, 1.165) is 19.3 Å². The predicted octanol–water partition coefficient (Wildman–Crippen LogP) is 1.46. The summed E-state index contributed by atoms with van der Waals surface area (Å²) in [7, 11) is -3.54. The highest BCUT2D eigenvalue weighted by molar-refractivity contribution is 7.89. The molecule has 1 saturated heterocycles. The number of piperidine rings is 1. The number of carbonyl (C=O) groups is 1. The first-order valence-corrected chi connectivity index (χ1v) is 9.30.